The Kier molecular flexibility index (Phi) is 16.0. The number of allylic oxidation sites excluding steroid dienone is 6. The quantitative estimate of drug-likeness (QED) is 0.0662. The number of hydrogen-bond acceptors (Lipinski definition) is 6. The minimum absolute atomic E-state index is 0.00705. The number of aromatic nitrogens is 2. The molecule has 2 N–H and O–H groups in total. The molecule has 2 aromatic heterocycles. The van der Waals surface area contributed by atoms with E-state index in [0.29, 0.717) is 6.42 Å². The summed E-state index contributed by atoms with van der Waals surface area (Å²) in [5.74, 6) is 0.174. The van der Waals surface area contributed by atoms with Gasteiger partial charge in [0.25, 0.3) is 0 Å². The highest BCUT2D eigenvalue weighted by Crippen LogP contribution is 2.37. The number of benzene rings is 6. The van der Waals surface area contributed by atoms with Gasteiger partial charge in [0, 0.05) is 42.0 Å². The lowest BCUT2D eigenvalue weighted by Gasteiger charge is -2.15. The summed E-state index contributed by atoms with van der Waals surface area (Å²) in [5, 5.41) is 18.9. The Morgan fingerprint density at radius 2 is 1.15 bits per heavy atom. The van der Waals surface area contributed by atoms with E-state index in [4.69, 9.17) is 9.97 Å². The van der Waals surface area contributed by atoms with E-state index < -0.39 is 0 Å². The van der Waals surface area contributed by atoms with Crippen molar-refractivity contribution < 1.29 is 19.7 Å². The lowest BCUT2D eigenvalue weighted by Crippen LogP contribution is -1.98. The lowest BCUT2D eigenvalue weighted by molar-refractivity contribution is -0.144. The van der Waals surface area contributed by atoms with Crippen LogP contribution in [0.1, 0.15) is 51.8 Å². The summed E-state index contributed by atoms with van der Waals surface area (Å²) in [6.45, 7) is 2.12. The van der Waals surface area contributed by atoms with Gasteiger partial charge in [0.05, 0.1) is 30.3 Å². The average molecular weight is 896 g/mol. The molecule has 0 bridgehead atoms. The predicted molar refractivity (Wildman–Crippen MR) is 276 cm³/mol. The Morgan fingerprint density at radius 3 is 1.74 bits per heavy atom. The van der Waals surface area contributed by atoms with Crippen LogP contribution in [-0.4, -0.2) is 32.9 Å². The Hall–Kier alpha value is -7.68. The molecular weight excluding hydrogens is 842 g/mol. The molecule has 0 aliphatic heterocycles. The summed E-state index contributed by atoms with van der Waals surface area (Å²) in [6, 6.07) is 55.6. The number of halogens is 1. The van der Waals surface area contributed by atoms with Crippen molar-refractivity contribution >= 4 is 5.71 Å². The molecule has 0 spiro atoms. The van der Waals surface area contributed by atoms with Gasteiger partial charge in [-0.25, -0.2) is 0 Å². The highest BCUT2D eigenvalue weighted by atomic mass is 19.3. The first-order valence-electron chi connectivity index (χ1n) is 22.9. The van der Waals surface area contributed by atoms with Crippen LogP contribution in [0.5, 0.6) is 0 Å². The van der Waals surface area contributed by atoms with Gasteiger partial charge in [-0.1, -0.05) is 183 Å². The van der Waals surface area contributed by atoms with E-state index in [2.05, 4.69) is 138 Å². The summed E-state index contributed by atoms with van der Waals surface area (Å²) in [4.78, 5) is 18.0. The minimum atomic E-state index is -0.0847. The van der Waals surface area contributed by atoms with Gasteiger partial charge in [0.15, 0.2) is 0 Å². The second-order valence-electron chi connectivity index (χ2n) is 16.7. The molecule has 8 aromatic rings. The van der Waals surface area contributed by atoms with Gasteiger partial charge in [-0.2, -0.15) is 4.94 Å². The van der Waals surface area contributed by atoms with Crippen molar-refractivity contribution in [2.45, 2.75) is 45.5 Å². The van der Waals surface area contributed by atoms with Crippen molar-refractivity contribution in [1.82, 2.24) is 9.97 Å². The van der Waals surface area contributed by atoms with Gasteiger partial charge in [-0.15, -0.1) is 0 Å². The Bertz CT molecular complexity index is 3030. The van der Waals surface area contributed by atoms with Crippen molar-refractivity contribution in [2.75, 3.05) is 7.05 Å². The molecule has 6 aromatic carbocycles. The summed E-state index contributed by atoms with van der Waals surface area (Å²) >= 11 is 0. The van der Waals surface area contributed by atoms with E-state index in [1.807, 2.05) is 91.3 Å². The Morgan fingerprint density at radius 1 is 0.574 bits per heavy atom. The Labute approximate surface area is 398 Å². The van der Waals surface area contributed by atoms with Crippen molar-refractivity contribution in [3.8, 4) is 55.9 Å². The number of rotatable bonds is 18. The number of aliphatic imine (C=N–C) groups is 1. The summed E-state index contributed by atoms with van der Waals surface area (Å²) in [7, 11) is 1.78. The zero-order valence-electron chi connectivity index (χ0n) is 38.3. The van der Waals surface area contributed by atoms with Gasteiger partial charge >= 0.3 is 0 Å². The lowest BCUT2D eigenvalue weighted by atomic mass is 9.89. The molecule has 0 aliphatic rings. The second kappa shape index (κ2) is 23.2. The van der Waals surface area contributed by atoms with E-state index >= 15 is 0 Å². The van der Waals surface area contributed by atoms with E-state index in [-0.39, 0.29) is 25.7 Å². The third kappa shape index (κ3) is 11.8. The number of pyridine rings is 2. The van der Waals surface area contributed by atoms with Crippen molar-refractivity contribution in [3.63, 3.8) is 0 Å². The van der Waals surface area contributed by atoms with Crippen LogP contribution < -0.4 is 0 Å². The predicted octanol–water partition coefficient (Wildman–Crippen LogP) is 13.9. The van der Waals surface area contributed by atoms with Crippen LogP contribution in [0.4, 0.5) is 4.53 Å². The number of hydrogen-bond donors (Lipinski definition) is 2. The first-order valence-corrected chi connectivity index (χ1v) is 22.9. The largest absolute Gasteiger partial charge is 0.392 e. The number of aliphatic hydroxyl groups excluding tert-OH is 2. The number of nitrogens with zero attached hydrogens (tertiary/aromatic N) is 3. The molecule has 1 unspecified atom stereocenters. The molecule has 0 fully saturated rings. The maximum absolute atomic E-state index is 12.4. The molecule has 6 nitrogen and oxygen atoms in total. The van der Waals surface area contributed by atoms with Gasteiger partial charge in [-0.3, -0.25) is 15.0 Å². The van der Waals surface area contributed by atoms with Crippen LogP contribution in [0.25, 0.3) is 55.9 Å². The second-order valence-corrected chi connectivity index (χ2v) is 16.7. The van der Waals surface area contributed by atoms with Gasteiger partial charge in [0.2, 0.25) is 0 Å². The van der Waals surface area contributed by atoms with Crippen LogP contribution in [0, 0.1) is 0 Å². The van der Waals surface area contributed by atoms with Gasteiger partial charge in [-0.05, 0) is 108 Å². The zero-order valence-corrected chi connectivity index (χ0v) is 38.3. The highest BCUT2D eigenvalue weighted by Gasteiger charge is 2.14. The fraction of sp³-hybridized carbons (Fsp3) is 0.131. The third-order valence-corrected chi connectivity index (χ3v) is 12.1. The molecule has 0 aliphatic carbocycles. The first-order chi connectivity index (χ1) is 33.4. The molecule has 0 amide bonds. The van der Waals surface area contributed by atoms with E-state index in [0.717, 1.165) is 95.8 Å². The number of aliphatic hydroxyl groups is 2. The third-order valence-electron chi connectivity index (χ3n) is 12.1. The summed E-state index contributed by atoms with van der Waals surface area (Å²) < 4.78 is 12.4. The highest BCUT2D eigenvalue weighted by molar-refractivity contribution is 6.08. The molecule has 0 saturated heterocycles. The molecule has 338 valence electrons. The first kappa shape index (κ1) is 46.8. The molecule has 0 radical (unpaired) electrons. The summed E-state index contributed by atoms with van der Waals surface area (Å²) in [5.41, 5.74) is 18.2. The van der Waals surface area contributed by atoms with Gasteiger partial charge < -0.3 is 10.2 Å². The summed E-state index contributed by atoms with van der Waals surface area (Å²) in [6.07, 6.45) is 18.1. The monoisotopic (exact) mass is 895 g/mol. The van der Waals surface area contributed by atoms with Crippen molar-refractivity contribution in [2.24, 2.45) is 4.99 Å². The topological polar surface area (TPSA) is 87.8 Å². The maximum atomic E-state index is 12.4. The fourth-order valence-electron chi connectivity index (χ4n) is 8.28. The van der Waals surface area contributed by atoms with Crippen LogP contribution in [0.3, 0.4) is 0 Å². The van der Waals surface area contributed by atoms with E-state index in [1.165, 1.54) is 11.1 Å². The molecule has 68 heavy (non-hydrogen) atoms. The maximum Gasteiger partial charge on any atom is 0.113 e. The molecule has 2 heterocycles. The van der Waals surface area contributed by atoms with E-state index in [1.54, 1.807) is 7.05 Å². The zero-order chi connectivity index (χ0) is 47.1. The van der Waals surface area contributed by atoms with E-state index in [9.17, 15) is 14.7 Å². The van der Waals surface area contributed by atoms with Crippen LogP contribution >= 0.6 is 0 Å². The smallest absolute Gasteiger partial charge is 0.113 e. The SMILES string of the molecule is C/N=C(\C=C/Cc1ccccc1-c1cc(C/C=C\C=C/C(C)c2ccc(-c3ccc(CO)cc3)nc2)cc(-c2ccccc2-c2ccc(-c3ccc(CO)cc3)nc2)c1)c1ccc(COF)cc1. The van der Waals surface area contributed by atoms with Gasteiger partial charge in [0.1, 0.15) is 6.61 Å². The Balaban J connectivity index is 1.07. The van der Waals surface area contributed by atoms with Crippen LogP contribution in [0.2, 0.25) is 0 Å². The molecule has 7 heteroatoms. The molecule has 8 rings (SSSR count). The fourth-order valence-corrected chi connectivity index (χ4v) is 8.28. The standard InChI is InChI=1S/C61H54FN3O3/c1-43(52-31-33-60(64-38-52)50-25-19-44(40-66)20-26-50)11-4-3-5-12-47-35-54(56-15-7-6-13-48(56)14-10-18-59(63-2)49-29-23-46(24-30-49)42-68-62)37-55(36-47)58-17-9-8-16-57(58)53-32-34-61(65-39-53)51-27-21-45(41-67)22-28-51/h3-11,13,15-39,43,66-67H,12,14,40-42H2,1-2H3/b5-3-,11-4-,18-10-,63-59+. The van der Waals surface area contributed by atoms with Crippen LogP contribution in [0.15, 0.2) is 218 Å². The minimum Gasteiger partial charge on any atom is -0.392 e. The van der Waals surface area contributed by atoms with Crippen molar-refractivity contribution in [3.05, 3.63) is 252 Å². The molecule has 1 atom stereocenters. The van der Waals surface area contributed by atoms with Crippen molar-refractivity contribution in [1.29, 1.82) is 0 Å². The normalized spacial score (nSPS) is 12.4. The molecular formula is C61H54FN3O3. The molecule has 0 saturated carbocycles. The average Bonchev–Trinajstić information content (AvgIpc) is 3.40. The van der Waals surface area contributed by atoms with Crippen LogP contribution in [-0.2, 0) is 37.6 Å².